The number of carbonyl (C=O) groups excluding carboxylic acids is 1. The number of nitrogens with one attached hydrogen (secondary N) is 1. The van der Waals surface area contributed by atoms with Crippen molar-refractivity contribution in [3.05, 3.63) is 47.1 Å². The van der Waals surface area contributed by atoms with E-state index in [0.717, 1.165) is 24.5 Å². The van der Waals surface area contributed by atoms with Crippen molar-refractivity contribution in [1.82, 2.24) is 20.4 Å². The highest BCUT2D eigenvalue weighted by atomic mass is 16.5. The minimum Gasteiger partial charge on any atom is -0.381 e. The Labute approximate surface area is 178 Å². The van der Waals surface area contributed by atoms with Gasteiger partial charge in [0, 0.05) is 32.7 Å². The van der Waals surface area contributed by atoms with Gasteiger partial charge in [0.1, 0.15) is 0 Å². The van der Waals surface area contributed by atoms with Gasteiger partial charge in [-0.15, -0.1) is 0 Å². The Bertz CT molecular complexity index is 814. The number of urea groups is 1. The van der Waals surface area contributed by atoms with Gasteiger partial charge in [0.25, 0.3) is 0 Å². The number of nitrogens with zero attached hydrogens (tertiary/aromatic N) is 3. The Morgan fingerprint density at radius 3 is 2.83 bits per heavy atom. The molecule has 2 amide bonds. The molecule has 30 heavy (non-hydrogen) atoms. The van der Waals surface area contributed by atoms with Crippen LogP contribution in [0.5, 0.6) is 0 Å². The zero-order valence-corrected chi connectivity index (χ0v) is 17.8. The number of ether oxygens (including phenoxy) is 1. The third-order valence-corrected chi connectivity index (χ3v) is 6.17. The molecule has 7 heteroatoms. The maximum absolute atomic E-state index is 12.5. The standard InChI is InChI=1S/C23H32N4O3/c1-17-6-8-18(9-7-17)14-24-23(28)27-12-10-20(15-27)22-25-21(26-30-22)11-13-29-16-19-4-2-3-5-19/h6-9,19-20H,2-5,10-16H2,1H3,(H,24,28). The van der Waals surface area contributed by atoms with Crippen molar-refractivity contribution in [3.8, 4) is 0 Å². The fraction of sp³-hybridized carbons (Fsp3) is 0.609. The topological polar surface area (TPSA) is 80.5 Å². The molecule has 1 aliphatic carbocycles. The van der Waals surface area contributed by atoms with Crippen LogP contribution in [-0.4, -0.2) is 47.4 Å². The average Bonchev–Trinajstić information content (AvgIpc) is 3.52. The van der Waals surface area contributed by atoms with Crippen molar-refractivity contribution in [1.29, 1.82) is 0 Å². The van der Waals surface area contributed by atoms with Crippen molar-refractivity contribution >= 4 is 6.03 Å². The summed E-state index contributed by atoms with van der Waals surface area (Å²) in [6.45, 7) is 5.38. The number of rotatable bonds is 8. The highest BCUT2D eigenvalue weighted by molar-refractivity contribution is 5.74. The Balaban J connectivity index is 1.18. The van der Waals surface area contributed by atoms with Crippen LogP contribution >= 0.6 is 0 Å². The van der Waals surface area contributed by atoms with E-state index in [2.05, 4.69) is 34.5 Å². The molecule has 4 rings (SSSR count). The van der Waals surface area contributed by atoms with E-state index in [-0.39, 0.29) is 11.9 Å². The third kappa shape index (κ3) is 5.59. The molecule has 0 bridgehead atoms. The van der Waals surface area contributed by atoms with Gasteiger partial charge in [-0.2, -0.15) is 4.98 Å². The van der Waals surface area contributed by atoms with Crippen LogP contribution in [0.1, 0.15) is 60.9 Å². The summed E-state index contributed by atoms with van der Waals surface area (Å²) in [6.07, 6.45) is 6.78. The highest BCUT2D eigenvalue weighted by Crippen LogP contribution is 2.26. The number of hydrogen-bond donors (Lipinski definition) is 1. The molecule has 0 spiro atoms. The smallest absolute Gasteiger partial charge is 0.317 e. The van der Waals surface area contributed by atoms with Crippen LogP contribution in [0.3, 0.4) is 0 Å². The molecule has 1 aliphatic heterocycles. The lowest BCUT2D eigenvalue weighted by atomic mass is 10.1. The zero-order valence-electron chi connectivity index (χ0n) is 17.8. The number of aromatic nitrogens is 2. The minimum atomic E-state index is -0.0434. The van der Waals surface area contributed by atoms with Gasteiger partial charge < -0.3 is 19.5 Å². The Hall–Kier alpha value is -2.41. The number of hydrogen-bond acceptors (Lipinski definition) is 5. The fourth-order valence-electron chi connectivity index (χ4n) is 4.27. The second kappa shape index (κ2) is 10.1. The molecule has 2 aromatic rings. The number of amides is 2. The molecular formula is C23H32N4O3. The van der Waals surface area contributed by atoms with E-state index in [1.54, 1.807) is 0 Å². The van der Waals surface area contributed by atoms with Gasteiger partial charge in [0.15, 0.2) is 5.82 Å². The van der Waals surface area contributed by atoms with Gasteiger partial charge in [-0.3, -0.25) is 0 Å². The molecule has 1 saturated heterocycles. The van der Waals surface area contributed by atoms with E-state index in [0.29, 0.717) is 44.4 Å². The first-order valence-corrected chi connectivity index (χ1v) is 11.2. The number of aryl methyl sites for hydroxylation is 1. The summed E-state index contributed by atoms with van der Waals surface area (Å²) >= 11 is 0. The molecule has 1 aromatic carbocycles. The predicted octanol–water partition coefficient (Wildman–Crippen LogP) is 3.83. The monoisotopic (exact) mass is 412 g/mol. The van der Waals surface area contributed by atoms with Gasteiger partial charge in [0.05, 0.1) is 12.5 Å². The number of carbonyl (C=O) groups is 1. The Kier molecular flexibility index (Phi) is 7.00. The van der Waals surface area contributed by atoms with Crippen molar-refractivity contribution in [2.45, 2.75) is 57.9 Å². The van der Waals surface area contributed by atoms with Crippen LogP contribution in [0.4, 0.5) is 4.79 Å². The molecular weight excluding hydrogens is 380 g/mol. The molecule has 2 heterocycles. The summed E-state index contributed by atoms with van der Waals surface area (Å²) in [5.41, 5.74) is 2.31. The van der Waals surface area contributed by atoms with Gasteiger partial charge in [-0.25, -0.2) is 4.79 Å². The van der Waals surface area contributed by atoms with Gasteiger partial charge >= 0.3 is 6.03 Å². The summed E-state index contributed by atoms with van der Waals surface area (Å²) in [5.74, 6) is 2.16. The van der Waals surface area contributed by atoms with E-state index in [9.17, 15) is 4.79 Å². The van der Waals surface area contributed by atoms with Gasteiger partial charge in [-0.05, 0) is 37.7 Å². The van der Waals surface area contributed by atoms with E-state index in [4.69, 9.17) is 9.26 Å². The second-order valence-corrected chi connectivity index (χ2v) is 8.60. The van der Waals surface area contributed by atoms with Crippen molar-refractivity contribution in [2.75, 3.05) is 26.3 Å². The van der Waals surface area contributed by atoms with Crippen LogP contribution in [0.15, 0.2) is 28.8 Å². The Morgan fingerprint density at radius 1 is 1.23 bits per heavy atom. The molecule has 1 saturated carbocycles. The van der Waals surface area contributed by atoms with Crippen molar-refractivity contribution in [2.24, 2.45) is 5.92 Å². The SMILES string of the molecule is Cc1ccc(CNC(=O)N2CCC(c3nc(CCOCC4CCCC4)no3)C2)cc1. The first-order chi connectivity index (χ1) is 14.7. The van der Waals surface area contributed by atoms with Crippen molar-refractivity contribution in [3.63, 3.8) is 0 Å². The quantitative estimate of drug-likeness (QED) is 0.667. The zero-order chi connectivity index (χ0) is 20.8. The minimum absolute atomic E-state index is 0.0434. The lowest BCUT2D eigenvalue weighted by Crippen LogP contribution is -2.37. The van der Waals surface area contributed by atoms with E-state index >= 15 is 0 Å². The largest absolute Gasteiger partial charge is 0.381 e. The average molecular weight is 413 g/mol. The van der Waals surface area contributed by atoms with E-state index in [1.807, 2.05) is 17.0 Å². The molecule has 1 unspecified atom stereocenters. The summed E-state index contributed by atoms with van der Waals surface area (Å²) in [5, 5.41) is 7.10. The van der Waals surface area contributed by atoms with Gasteiger partial charge in [0.2, 0.25) is 5.89 Å². The molecule has 2 fully saturated rings. The molecule has 7 nitrogen and oxygen atoms in total. The molecule has 1 atom stereocenters. The summed E-state index contributed by atoms with van der Waals surface area (Å²) in [6, 6.07) is 8.15. The fourth-order valence-corrected chi connectivity index (χ4v) is 4.27. The van der Waals surface area contributed by atoms with Crippen molar-refractivity contribution < 1.29 is 14.1 Å². The van der Waals surface area contributed by atoms with Crippen LogP contribution in [0.25, 0.3) is 0 Å². The van der Waals surface area contributed by atoms with Crippen LogP contribution < -0.4 is 5.32 Å². The number of benzene rings is 1. The van der Waals surface area contributed by atoms with Crippen LogP contribution in [-0.2, 0) is 17.7 Å². The lowest BCUT2D eigenvalue weighted by Gasteiger charge is -2.16. The van der Waals surface area contributed by atoms with Crippen LogP contribution in [0, 0.1) is 12.8 Å². The summed E-state index contributed by atoms with van der Waals surface area (Å²) in [4.78, 5) is 18.9. The first kappa shape index (κ1) is 20.8. The lowest BCUT2D eigenvalue weighted by molar-refractivity contribution is 0.102. The summed E-state index contributed by atoms with van der Waals surface area (Å²) in [7, 11) is 0. The molecule has 1 aromatic heterocycles. The first-order valence-electron chi connectivity index (χ1n) is 11.2. The highest BCUT2D eigenvalue weighted by Gasteiger charge is 2.31. The number of likely N-dealkylation sites (tertiary alicyclic amines) is 1. The molecule has 162 valence electrons. The Morgan fingerprint density at radius 2 is 2.03 bits per heavy atom. The molecule has 1 N–H and O–H groups in total. The molecule has 0 radical (unpaired) electrons. The normalized spacial score (nSPS) is 19.5. The second-order valence-electron chi connectivity index (χ2n) is 8.60. The summed E-state index contributed by atoms with van der Waals surface area (Å²) < 4.78 is 11.3. The van der Waals surface area contributed by atoms with Crippen LogP contribution in [0.2, 0.25) is 0 Å². The maximum Gasteiger partial charge on any atom is 0.317 e. The predicted molar refractivity (Wildman–Crippen MR) is 113 cm³/mol. The van der Waals surface area contributed by atoms with E-state index in [1.165, 1.54) is 31.2 Å². The third-order valence-electron chi connectivity index (χ3n) is 6.17. The van der Waals surface area contributed by atoms with Gasteiger partial charge in [-0.1, -0.05) is 47.8 Å². The van der Waals surface area contributed by atoms with E-state index < -0.39 is 0 Å². The molecule has 2 aliphatic rings. The maximum atomic E-state index is 12.5.